The summed E-state index contributed by atoms with van der Waals surface area (Å²) in [5, 5.41) is 9.59. The quantitative estimate of drug-likeness (QED) is 0.387. The fraction of sp³-hybridized carbons (Fsp3) is 0.250. The fourth-order valence-electron chi connectivity index (χ4n) is 1.22. The number of aliphatic hydroxyl groups excluding tert-OH is 1. The molecule has 0 radical (unpaired) electrons. The largest absolute Gasteiger partial charge is 0.573 e. The van der Waals surface area contributed by atoms with E-state index in [4.69, 9.17) is 0 Å². The predicted octanol–water partition coefficient (Wildman–Crippen LogP) is 2.01. The van der Waals surface area contributed by atoms with Gasteiger partial charge in [0, 0.05) is 17.8 Å². The summed E-state index contributed by atoms with van der Waals surface area (Å²) in [4.78, 5) is 25.8. The Bertz CT molecular complexity index is 568. The summed E-state index contributed by atoms with van der Waals surface area (Å²) in [7, 11) is 0. The Morgan fingerprint density at radius 2 is 2.05 bits per heavy atom. The van der Waals surface area contributed by atoms with Crippen molar-refractivity contribution in [2.24, 2.45) is 0 Å². The maximum Gasteiger partial charge on any atom is 0.573 e. The summed E-state index contributed by atoms with van der Waals surface area (Å²) in [5.74, 6) is -3.77. The lowest BCUT2D eigenvalue weighted by Gasteiger charge is -2.09. The van der Waals surface area contributed by atoms with Crippen LogP contribution in [0, 0.1) is 0 Å². The average molecular weight is 305 g/mol. The van der Waals surface area contributed by atoms with Gasteiger partial charge in [-0.3, -0.25) is 9.78 Å². The van der Waals surface area contributed by atoms with Crippen LogP contribution in [-0.4, -0.2) is 34.8 Å². The van der Waals surface area contributed by atoms with Crippen LogP contribution in [0.5, 0.6) is 5.75 Å². The fourth-order valence-corrected chi connectivity index (χ4v) is 1.22. The zero-order chi connectivity index (χ0) is 16.0. The molecule has 1 aromatic heterocycles. The Kier molecular flexibility index (Phi) is 5.28. The van der Waals surface area contributed by atoms with Crippen LogP contribution in [0.25, 0.3) is 5.76 Å². The molecule has 0 bridgehead atoms. The van der Waals surface area contributed by atoms with Gasteiger partial charge in [0.15, 0.2) is 0 Å². The number of rotatable bonds is 5. The number of hydrogen-bond donors (Lipinski definition) is 1. The smallest absolute Gasteiger partial charge is 0.507 e. The van der Waals surface area contributed by atoms with E-state index in [-0.39, 0.29) is 12.2 Å². The van der Waals surface area contributed by atoms with Crippen LogP contribution in [-0.2, 0) is 14.3 Å². The molecule has 0 unspecified atom stereocenters. The number of aliphatic hydroxyl groups is 1. The third-order valence-electron chi connectivity index (χ3n) is 1.99. The summed E-state index contributed by atoms with van der Waals surface area (Å²) >= 11 is 0. The van der Waals surface area contributed by atoms with Gasteiger partial charge in [-0.05, 0) is 13.0 Å². The van der Waals surface area contributed by atoms with Crippen LogP contribution < -0.4 is 4.74 Å². The Morgan fingerprint density at radius 1 is 1.38 bits per heavy atom. The molecule has 9 heteroatoms. The van der Waals surface area contributed by atoms with Crippen molar-refractivity contribution in [2.75, 3.05) is 6.61 Å². The van der Waals surface area contributed by atoms with Crippen LogP contribution in [0.15, 0.2) is 24.5 Å². The minimum absolute atomic E-state index is 0.0321. The molecule has 0 aliphatic rings. The Labute approximate surface area is 116 Å². The van der Waals surface area contributed by atoms with E-state index >= 15 is 0 Å². The third-order valence-corrected chi connectivity index (χ3v) is 1.99. The molecule has 1 heterocycles. The van der Waals surface area contributed by atoms with Gasteiger partial charge in [-0.2, -0.15) is 0 Å². The number of carbonyl (C=O) groups excluding carboxylic acids is 2. The maximum absolute atomic E-state index is 12.0. The predicted molar refractivity (Wildman–Crippen MR) is 63.2 cm³/mol. The van der Waals surface area contributed by atoms with Gasteiger partial charge in [0.2, 0.25) is 0 Å². The molecule has 0 spiro atoms. The number of alkyl halides is 3. The minimum atomic E-state index is -4.92. The minimum Gasteiger partial charge on any atom is -0.507 e. The zero-order valence-corrected chi connectivity index (χ0v) is 10.7. The number of aromatic nitrogens is 1. The van der Waals surface area contributed by atoms with E-state index in [1.54, 1.807) is 0 Å². The van der Waals surface area contributed by atoms with Gasteiger partial charge < -0.3 is 14.6 Å². The van der Waals surface area contributed by atoms with Crippen LogP contribution in [0.4, 0.5) is 13.2 Å². The molecule has 1 N–H and O–H groups in total. The molecule has 114 valence electrons. The molecular formula is C12H10F3NO5. The molecule has 21 heavy (non-hydrogen) atoms. The van der Waals surface area contributed by atoms with Crippen LogP contribution in [0.3, 0.4) is 0 Å². The van der Waals surface area contributed by atoms with E-state index in [2.05, 4.69) is 14.5 Å². The molecule has 0 saturated heterocycles. The number of halogens is 3. The number of nitrogens with zero attached hydrogens (tertiary/aromatic N) is 1. The van der Waals surface area contributed by atoms with Crippen molar-refractivity contribution in [3.8, 4) is 5.75 Å². The van der Waals surface area contributed by atoms with Gasteiger partial charge in [0.05, 0.1) is 12.8 Å². The van der Waals surface area contributed by atoms with E-state index in [1.165, 1.54) is 6.92 Å². The summed E-state index contributed by atoms with van der Waals surface area (Å²) in [6.07, 6.45) is -2.63. The second-order valence-corrected chi connectivity index (χ2v) is 3.57. The van der Waals surface area contributed by atoms with Gasteiger partial charge in [-0.1, -0.05) is 0 Å². The molecular weight excluding hydrogens is 295 g/mol. The Morgan fingerprint density at radius 3 is 2.62 bits per heavy atom. The highest BCUT2D eigenvalue weighted by atomic mass is 19.4. The third kappa shape index (κ3) is 5.51. The SMILES string of the molecule is CCOC(=O)C(=O)/C=C(\O)c1cncc(OC(F)(F)F)c1. The monoisotopic (exact) mass is 305 g/mol. The van der Waals surface area contributed by atoms with Crippen LogP contribution in [0.2, 0.25) is 0 Å². The number of pyridine rings is 1. The van der Waals surface area contributed by atoms with Crippen molar-refractivity contribution in [1.29, 1.82) is 0 Å². The number of carbonyl (C=O) groups is 2. The molecule has 1 rings (SSSR count). The Balaban J connectivity index is 2.92. The second kappa shape index (κ2) is 6.73. The van der Waals surface area contributed by atoms with Crippen molar-refractivity contribution < 1.29 is 37.3 Å². The van der Waals surface area contributed by atoms with Crippen molar-refractivity contribution in [2.45, 2.75) is 13.3 Å². The van der Waals surface area contributed by atoms with E-state index in [0.717, 1.165) is 18.5 Å². The molecule has 6 nitrogen and oxygen atoms in total. The standard InChI is InChI=1S/C12H10F3NO5/c1-2-20-11(19)10(18)4-9(17)7-3-8(6-16-5-7)21-12(13,14)15/h3-6,17H,2H2,1H3/b9-4-. The maximum atomic E-state index is 12.0. The number of ketones is 1. The normalized spacial score (nSPS) is 11.9. The first-order valence-corrected chi connectivity index (χ1v) is 5.56. The topological polar surface area (TPSA) is 85.7 Å². The molecule has 0 aromatic carbocycles. The summed E-state index contributed by atoms with van der Waals surface area (Å²) in [6.45, 7) is 1.45. The second-order valence-electron chi connectivity index (χ2n) is 3.57. The van der Waals surface area contributed by atoms with Gasteiger partial charge in [-0.15, -0.1) is 13.2 Å². The molecule has 0 atom stereocenters. The lowest BCUT2D eigenvalue weighted by Crippen LogP contribution is -2.17. The average Bonchev–Trinajstić information content (AvgIpc) is 2.37. The molecule has 0 fully saturated rings. The van der Waals surface area contributed by atoms with Crippen LogP contribution in [0.1, 0.15) is 12.5 Å². The molecule has 0 amide bonds. The molecule has 0 aliphatic carbocycles. The highest BCUT2D eigenvalue weighted by molar-refractivity contribution is 6.39. The highest BCUT2D eigenvalue weighted by Crippen LogP contribution is 2.24. The first-order valence-electron chi connectivity index (χ1n) is 5.56. The van der Waals surface area contributed by atoms with E-state index in [0.29, 0.717) is 6.08 Å². The number of hydrogen-bond acceptors (Lipinski definition) is 6. The van der Waals surface area contributed by atoms with Crippen molar-refractivity contribution >= 4 is 17.5 Å². The lowest BCUT2D eigenvalue weighted by molar-refractivity contribution is -0.274. The van der Waals surface area contributed by atoms with E-state index in [1.807, 2.05) is 0 Å². The molecule has 0 saturated carbocycles. The van der Waals surface area contributed by atoms with Gasteiger partial charge >= 0.3 is 12.3 Å². The zero-order valence-electron chi connectivity index (χ0n) is 10.7. The number of ether oxygens (including phenoxy) is 2. The lowest BCUT2D eigenvalue weighted by atomic mass is 10.2. The summed E-state index contributed by atoms with van der Waals surface area (Å²) in [5.41, 5.74) is -0.227. The summed E-state index contributed by atoms with van der Waals surface area (Å²) < 4.78 is 44.1. The summed E-state index contributed by atoms with van der Waals surface area (Å²) in [6, 6.07) is 0.810. The van der Waals surface area contributed by atoms with Gasteiger partial charge in [-0.25, -0.2) is 4.79 Å². The first kappa shape index (κ1) is 16.5. The molecule has 0 aliphatic heterocycles. The van der Waals surface area contributed by atoms with Gasteiger partial charge in [0.1, 0.15) is 11.5 Å². The van der Waals surface area contributed by atoms with Crippen LogP contribution >= 0.6 is 0 Å². The van der Waals surface area contributed by atoms with E-state index < -0.39 is 29.6 Å². The Hall–Kier alpha value is -2.58. The van der Waals surface area contributed by atoms with E-state index in [9.17, 15) is 27.9 Å². The number of esters is 1. The highest BCUT2D eigenvalue weighted by Gasteiger charge is 2.31. The van der Waals surface area contributed by atoms with Crippen molar-refractivity contribution in [1.82, 2.24) is 4.98 Å². The first-order chi connectivity index (χ1) is 9.73. The van der Waals surface area contributed by atoms with Crippen molar-refractivity contribution in [3.63, 3.8) is 0 Å². The molecule has 1 aromatic rings. The van der Waals surface area contributed by atoms with Gasteiger partial charge in [0.25, 0.3) is 5.78 Å². The van der Waals surface area contributed by atoms with Crippen molar-refractivity contribution in [3.05, 3.63) is 30.1 Å².